The molecule has 0 spiro atoms. The molecule has 222 valence electrons. The molecule has 0 saturated carbocycles. The largest absolute Gasteiger partial charge is 0.466 e. The number of quaternary nitrogens is 1. The summed E-state index contributed by atoms with van der Waals surface area (Å²) in [5.41, 5.74) is 0. The molecule has 0 rings (SSSR count). The number of rotatable bonds is 26. The second-order valence-corrected chi connectivity index (χ2v) is 11.6. The van der Waals surface area contributed by atoms with Crippen molar-refractivity contribution in [1.82, 2.24) is 6.15 Å². The second-order valence-electron chi connectivity index (χ2n) is 9.96. The van der Waals surface area contributed by atoms with Crippen LogP contribution in [0.4, 0.5) is 0 Å². The molecule has 0 heterocycles. The van der Waals surface area contributed by atoms with Crippen LogP contribution in [0, 0.1) is 0 Å². The van der Waals surface area contributed by atoms with E-state index in [1.807, 2.05) is 0 Å². The van der Waals surface area contributed by atoms with Crippen molar-refractivity contribution in [2.45, 2.75) is 154 Å². The third kappa shape index (κ3) is 24.9. The smallest absolute Gasteiger partial charge is 0.327 e. The van der Waals surface area contributed by atoms with Gasteiger partial charge in [0.05, 0.1) is 19.6 Å². The van der Waals surface area contributed by atoms with Gasteiger partial charge in [0.1, 0.15) is 0 Å². The Kier molecular flexibility index (Phi) is 27.1. The summed E-state index contributed by atoms with van der Waals surface area (Å²) < 4.78 is 42.7. The Labute approximate surface area is 227 Å². The highest BCUT2D eigenvalue weighted by molar-refractivity contribution is 7.87. The lowest BCUT2D eigenvalue weighted by molar-refractivity contribution is -0.150. The van der Waals surface area contributed by atoms with Crippen LogP contribution < -0.4 is 6.15 Å². The molecule has 0 aromatic heterocycles. The molecule has 0 bridgehead atoms. The van der Waals surface area contributed by atoms with E-state index in [9.17, 15) is 22.6 Å². The highest BCUT2D eigenvalue weighted by Crippen LogP contribution is 2.13. The van der Waals surface area contributed by atoms with Crippen LogP contribution in [0.2, 0.25) is 0 Å². The zero-order valence-corrected chi connectivity index (χ0v) is 25.0. The van der Waals surface area contributed by atoms with Gasteiger partial charge in [0, 0.05) is 0 Å². The molecule has 9 heteroatoms. The van der Waals surface area contributed by atoms with Crippen molar-refractivity contribution in [3.05, 3.63) is 0 Å². The number of carbonyl (C=O) groups excluding carboxylic acids is 2. The Hall–Kier alpha value is -1.19. The van der Waals surface area contributed by atoms with Crippen molar-refractivity contribution < 1.29 is 32.0 Å². The molecule has 0 aliphatic heterocycles. The summed E-state index contributed by atoms with van der Waals surface area (Å²) in [6.45, 7) is 4.67. The van der Waals surface area contributed by atoms with E-state index >= 15 is 0 Å². The molecular weight excluding hydrogens is 494 g/mol. The summed E-state index contributed by atoms with van der Waals surface area (Å²) in [6.07, 6.45) is 22.1. The molecule has 1 atom stereocenters. The maximum absolute atomic E-state index is 12.2. The summed E-state index contributed by atoms with van der Waals surface area (Å²) in [5.74, 6) is -1.91. The van der Waals surface area contributed by atoms with E-state index in [4.69, 9.17) is 9.47 Å². The van der Waals surface area contributed by atoms with Crippen LogP contribution in [0.1, 0.15) is 149 Å². The van der Waals surface area contributed by atoms with Crippen LogP contribution in [0.25, 0.3) is 0 Å². The summed E-state index contributed by atoms with van der Waals surface area (Å²) in [6, 6.07) is 0. The van der Waals surface area contributed by atoms with Gasteiger partial charge in [-0.3, -0.25) is 14.1 Å². The minimum Gasteiger partial charge on any atom is -0.466 e. The SMILES string of the molecule is CCCCCCCCCCCCOC(=O)CC(C(=O)OCCCCCCCCCCCC)S(=O)(=O)O.[NH4+]. The lowest BCUT2D eigenvalue weighted by Gasteiger charge is -2.13. The average molecular weight is 553 g/mol. The molecule has 1 unspecified atom stereocenters. The number of esters is 2. The van der Waals surface area contributed by atoms with Crippen LogP contribution in [0.5, 0.6) is 0 Å². The van der Waals surface area contributed by atoms with E-state index in [1.165, 1.54) is 77.0 Å². The predicted octanol–water partition coefficient (Wildman–Crippen LogP) is 7.94. The Morgan fingerprint density at radius 2 is 0.919 bits per heavy atom. The van der Waals surface area contributed by atoms with E-state index in [-0.39, 0.29) is 19.4 Å². The first-order chi connectivity index (χ1) is 17.3. The van der Waals surface area contributed by atoms with Crippen molar-refractivity contribution in [3.8, 4) is 0 Å². The fourth-order valence-electron chi connectivity index (χ4n) is 4.15. The summed E-state index contributed by atoms with van der Waals surface area (Å²) >= 11 is 0. The van der Waals surface area contributed by atoms with Crippen molar-refractivity contribution in [2.24, 2.45) is 0 Å². The highest BCUT2D eigenvalue weighted by Gasteiger charge is 2.35. The van der Waals surface area contributed by atoms with Gasteiger partial charge in [-0.05, 0) is 12.8 Å². The quantitative estimate of drug-likeness (QED) is 0.0629. The average Bonchev–Trinajstić information content (AvgIpc) is 2.83. The topological polar surface area (TPSA) is 143 Å². The van der Waals surface area contributed by atoms with Crippen LogP contribution in [0.15, 0.2) is 0 Å². The van der Waals surface area contributed by atoms with Crippen LogP contribution >= 0.6 is 0 Å². The zero-order chi connectivity index (χ0) is 26.9. The number of carbonyl (C=O) groups is 2. The van der Waals surface area contributed by atoms with E-state index in [2.05, 4.69) is 13.8 Å². The molecule has 37 heavy (non-hydrogen) atoms. The minimum absolute atomic E-state index is 0. The predicted molar refractivity (Wildman–Crippen MR) is 152 cm³/mol. The monoisotopic (exact) mass is 552 g/mol. The van der Waals surface area contributed by atoms with Crippen molar-refractivity contribution >= 4 is 22.1 Å². The molecule has 8 nitrogen and oxygen atoms in total. The Balaban J connectivity index is 0. The molecule has 0 saturated heterocycles. The molecule has 0 fully saturated rings. The molecule has 0 radical (unpaired) electrons. The van der Waals surface area contributed by atoms with Gasteiger partial charge in [-0.2, -0.15) is 8.42 Å². The van der Waals surface area contributed by atoms with Gasteiger partial charge in [0.15, 0.2) is 5.25 Å². The van der Waals surface area contributed by atoms with Gasteiger partial charge in [-0.15, -0.1) is 0 Å². The molecule has 5 N–H and O–H groups in total. The maximum atomic E-state index is 12.2. The number of hydrogen-bond acceptors (Lipinski definition) is 6. The third-order valence-electron chi connectivity index (χ3n) is 6.48. The lowest BCUT2D eigenvalue weighted by Crippen LogP contribution is -2.34. The first-order valence-corrected chi connectivity index (χ1v) is 16.1. The molecular formula is C28H58NO7S+. The number of ether oxygens (including phenoxy) is 2. The van der Waals surface area contributed by atoms with Gasteiger partial charge in [0.25, 0.3) is 10.1 Å². The Morgan fingerprint density at radius 3 is 1.27 bits per heavy atom. The molecule has 0 amide bonds. The van der Waals surface area contributed by atoms with Crippen molar-refractivity contribution in [1.29, 1.82) is 0 Å². The molecule has 0 aromatic carbocycles. The Bertz CT molecular complexity index is 640. The van der Waals surface area contributed by atoms with Gasteiger partial charge in [0.2, 0.25) is 0 Å². The van der Waals surface area contributed by atoms with Crippen molar-refractivity contribution in [3.63, 3.8) is 0 Å². The first kappa shape index (κ1) is 38.0. The van der Waals surface area contributed by atoms with Crippen LogP contribution in [-0.2, 0) is 29.2 Å². The molecule has 0 aliphatic rings. The van der Waals surface area contributed by atoms with Crippen molar-refractivity contribution in [2.75, 3.05) is 13.2 Å². The van der Waals surface area contributed by atoms with E-state index < -0.39 is 33.7 Å². The zero-order valence-electron chi connectivity index (χ0n) is 24.1. The highest BCUT2D eigenvalue weighted by atomic mass is 32.2. The first-order valence-electron chi connectivity index (χ1n) is 14.6. The van der Waals surface area contributed by atoms with Gasteiger partial charge >= 0.3 is 11.9 Å². The van der Waals surface area contributed by atoms with Crippen LogP contribution in [0.3, 0.4) is 0 Å². The minimum atomic E-state index is -4.75. The lowest BCUT2D eigenvalue weighted by atomic mass is 10.1. The standard InChI is InChI=1S/C28H54O7S.H3N/c1-3-5-7-9-11-13-15-17-19-21-23-34-27(29)25-26(36(31,32)33)28(30)35-24-22-20-18-16-14-12-10-8-6-4-2;/h26H,3-25H2,1-2H3,(H,31,32,33);1H3/p+1. The Morgan fingerprint density at radius 1 is 0.595 bits per heavy atom. The van der Waals surface area contributed by atoms with E-state index in [0.29, 0.717) is 12.8 Å². The fourth-order valence-corrected chi connectivity index (χ4v) is 4.81. The fraction of sp³-hybridized carbons (Fsp3) is 0.929. The summed E-state index contributed by atoms with van der Waals surface area (Å²) in [4.78, 5) is 24.2. The van der Waals surface area contributed by atoms with E-state index in [0.717, 1.165) is 38.5 Å². The number of hydrogen-bond donors (Lipinski definition) is 2. The second kappa shape index (κ2) is 26.4. The van der Waals surface area contributed by atoms with Gasteiger partial charge < -0.3 is 15.6 Å². The summed E-state index contributed by atoms with van der Waals surface area (Å²) in [7, 11) is -4.75. The van der Waals surface area contributed by atoms with Gasteiger partial charge in [-0.25, -0.2) is 0 Å². The molecule has 0 aromatic rings. The third-order valence-corrected chi connectivity index (χ3v) is 7.56. The van der Waals surface area contributed by atoms with E-state index in [1.54, 1.807) is 0 Å². The van der Waals surface area contributed by atoms with Crippen LogP contribution in [-0.4, -0.2) is 43.4 Å². The molecule has 0 aliphatic carbocycles. The van der Waals surface area contributed by atoms with Gasteiger partial charge in [-0.1, -0.05) is 129 Å². The normalized spacial score (nSPS) is 12.1. The number of unbranched alkanes of at least 4 members (excludes halogenated alkanes) is 18. The summed E-state index contributed by atoms with van der Waals surface area (Å²) in [5, 5.41) is -1.93. The maximum Gasteiger partial charge on any atom is 0.327 e.